The standard InChI is InChI=1S/C21H35N5O3.4ClH/c1-24-8-5-16(6-9-24)23-14-17-20(21(28)18(15-27)29-17)26-12-10-25(11-13-26)19-4-2-3-7-22-19;;;;/h2-4,7,16-18,20-21,23,27-28H,5-6,8-15H2,1H3;4*1H/t17-,18+,20+,21-;;;;/m1..../s1. The number of rotatable bonds is 6. The lowest BCUT2D eigenvalue weighted by Gasteiger charge is -2.41. The van der Waals surface area contributed by atoms with Crippen LogP contribution in [0.5, 0.6) is 0 Å². The van der Waals surface area contributed by atoms with Gasteiger partial charge in [-0.05, 0) is 45.1 Å². The van der Waals surface area contributed by atoms with Crippen LogP contribution in [0.1, 0.15) is 12.8 Å². The molecule has 0 spiro atoms. The molecular formula is C21H39Cl4N5O3. The maximum absolute atomic E-state index is 10.8. The van der Waals surface area contributed by atoms with Crippen molar-refractivity contribution in [3.05, 3.63) is 24.4 Å². The van der Waals surface area contributed by atoms with E-state index in [9.17, 15) is 10.2 Å². The molecular weight excluding hydrogens is 512 g/mol. The second-order valence-electron chi connectivity index (χ2n) is 8.57. The van der Waals surface area contributed by atoms with Crippen molar-refractivity contribution in [2.24, 2.45) is 0 Å². The van der Waals surface area contributed by atoms with Gasteiger partial charge >= 0.3 is 0 Å². The number of piperidine rings is 1. The molecule has 4 atom stereocenters. The first-order chi connectivity index (χ1) is 14.2. The molecule has 4 heterocycles. The molecule has 3 aliphatic rings. The number of aliphatic hydroxyl groups is 2. The summed E-state index contributed by atoms with van der Waals surface area (Å²) < 4.78 is 6.07. The van der Waals surface area contributed by atoms with Gasteiger partial charge in [0.1, 0.15) is 18.0 Å². The average molecular weight is 551 g/mol. The summed E-state index contributed by atoms with van der Waals surface area (Å²) in [6, 6.07) is 6.40. The zero-order valence-corrected chi connectivity index (χ0v) is 22.3. The lowest BCUT2D eigenvalue weighted by Crippen LogP contribution is -2.58. The van der Waals surface area contributed by atoms with Gasteiger partial charge in [0.15, 0.2) is 0 Å². The van der Waals surface area contributed by atoms with Gasteiger partial charge in [-0.1, -0.05) is 6.07 Å². The number of hydrogen-bond acceptors (Lipinski definition) is 8. The monoisotopic (exact) mass is 549 g/mol. The topological polar surface area (TPSA) is 84.3 Å². The quantitative estimate of drug-likeness (QED) is 0.485. The summed E-state index contributed by atoms with van der Waals surface area (Å²) in [5.41, 5.74) is 0. The molecule has 0 aromatic carbocycles. The van der Waals surface area contributed by atoms with Crippen molar-refractivity contribution in [3.8, 4) is 0 Å². The highest BCUT2D eigenvalue weighted by molar-refractivity contribution is 5.86. The van der Waals surface area contributed by atoms with Gasteiger partial charge in [0.25, 0.3) is 0 Å². The van der Waals surface area contributed by atoms with Gasteiger partial charge in [0.2, 0.25) is 0 Å². The predicted octanol–water partition coefficient (Wildman–Crippen LogP) is 1.06. The van der Waals surface area contributed by atoms with Crippen LogP contribution in [0.4, 0.5) is 5.82 Å². The van der Waals surface area contributed by atoms with E-state index in [-0.39, 0.29) is 68.4 Å². The molecule has 0 amide bonds. The van der Waals surface area contributed by atoms with Gasteiger partial charge in [-0.3, -0.25) is 4.90 Å². The number of likely N-dealkylation sites (tertiary alicyclic amines) is 1. The summed E-state index contributed by atoms with van der Waals surface area (Å²) in [6.07, 6.45) is 2.84. The summed E-state index contributed by atoms with van der Waals surface area (Å²) in [6.45, 7) is 6.25. The second kappa shape index (κ2) is 15.8. The van der Waals surface area contributed by atoms with E-state index in [2.05, 4.69) is 32.0 Å². The van der Waals surface area contributed by atoms with E-state index in [0.717, 1.165) is 57.9 Å². The summed E-state index contributed by atoms with van der Waals surface area (Å²) >= 11 is 0. The molecule has 3 aliphatic heterocycles. The van der Waals surface area contributed by atoms with Crippen LogP contribution in [-0.2, 0) is 4.74 Å². The summed E-state index contributed by atoms with van der Waals surface area (Å²) in [5, 5.41) is 24.2. The second-order valence-corrected chi connectivity index (χ2v) is 8.57. The molecule has 12 heteroatoms. The summed E-state index contributed by atoms with van der Waals surface area (Å²) in [4.78, 5) is 11.4. The van der Waals surface area contributed by atoms with Crippen LogP contribution in [0.3, 0.4) is 0 Å². The zero-order valence-electron chi connectivity index (χ0n) is 19.0. The first kappa shape index (κ1) is 32.9. The number of nitrogens with zero attached hydrogens (tertiary/aromatic N) is 4. The van der Waals surface area contributed by atoms with Gasteiger partial charge in [0, 0.05) is 45.0 Å². The Balaban J connectivity index is 0.00000256. The van der Waals surface area contributed by atoms with Gasteiger partial charge < -0.3 is 30.1 Å². The number of pyridine rings is 1. The molecule has 0 bridgehead atoms. The van der Waals surface area contributed by atoms with Crippen molar-refractivity contribution in [1.29, 1.82) is 0 Å². The minimum absolute atomic E-state index is 0. The van der Waals surface area contributed by atoms with Crippen LogP contribution in [-0.4, -0.2) is 115 Å². The smallest absolute Gasteiger partial charge is 0.128 e. The highest BCUT2D eigenvalue weighted by Gasteiger charge is 2.46. The number of ether oxygens (including phenoxy) is 1. The highest BCUT2D eigenvalue weighted by atomic mass is 35.5. The molecule has 33 heavy (non-hydrogen) atoms. The Hall–Kier alpha value is -0.130. The Morgan fingerprint density at radius 3 is 2.24 bits per heavy atom. The number of piperazine rings is 1. The van der Waals surface area contributed by atoms with Gasteiger partial charge in [-0.2, -0.15) is 0 Å². The average Bonchev–Trinajstić information content (AvgIpc) is 3.09. The molecule has 194 valence electrons. The molecule has 3 N–H and O–H groups in total. The number of hydrogen-bond donors (Lipinski definition) is 3. The largest absolute Gasteiger partial charge is 0.394 e. The number of halogens is 4. The third kappa shape index (κ3) is 8.20. The Bertz CT molecular complexity index is 638. The molecule has 8 nitrogen and oxygen atoms in total. The minimum atomic E-state index is -0.661. The Labute approximate surface area is 222 Å². The SMILES string of the molecule is CN1CCC(NC[C@H]2O[C@@H](CO)[C@@H](O)[C@H]2N2CCN(c3ccccn3)CC2)CC1.Cl.Cl.Cl.Cl. The van der Waals surface area contributed by atoms with Gasteiger partial charge in [-0.15, -0.1) is 49.6 Å². The van der Waals surface area contributed by atoms with E-state index in [1.54, 1.807) is 0 Å². The lowest BCUT2D eigenvalue weighted by molar-refractivity contribution is -0.0222. The number of nitrogens with one attached hydrogen (secondary N) is 1. The van der Waals surface area contributed by atoms with E-state index >= 15 is 0 Å². The Morgan fingerprint density at radius 2 is 1.67 bits per heavy atom. The summed E-state index contributed by atoms with van der Waals surface area (Å²) in [7, 11) is 2.17. The third-order valence-corrected chi connectivity index (χ3v) is 6.68. The molecule has 3 saturated heterocycles. The zero-order chi connectivity index (χ0) is 20.2. The van der Waals surface area contributed by atoms with E-state index in [0.29, 0.717) is 12.6 Å². The normalized spacial score (nSPS) is 28.8. The molecule has 1 aromatic heterocycles. The minimum Gasteiger partial charge on any atom is -0.394 e. The lowest BCUT2D eigenvalue weighted by atomic mass is 10.0. The van der Waals surface area contributed by atoms with E-state index in [1.807, 2.05) is 24.4 Å². The molecule has 0 aliphatic carbocycles. The van der Waals surface area contributed by atoms with Crippen molar-refractivity contribution in [1.82, 2.24) is 20.1 Å². The fourth-order valence-electron chi connectivity index (χ4n) is 4.88. The number of aliphatic hydroxyl groups excluding tert-OH is 2. The van der Waals surface area contributed by atoms with Crippen molar-refractivity contribution >= 4 is 55.4 Å². The van der Waals surface area contributed by atoms with Crippen LogP contribution < -0.4 is 10.2 Å². The van der Waals surface area contributed by atoms with E-state index in [1.165, 1.54) is 0 Å². The maximum Gasteiger partial charge on any atom is 0.128 e. The van der Waals surface area contributed by atoms with E-state index in [4.69, 9.17) is 4.74 Å². The molecule has 4 rings (SSSR count). The van der Waals surface area contributed by atoms with Crippen molar-refractivity contribution in [3.63, 3.8) is 0 Å². The fourth-order valence-corrected chi connectivity index (χ4v) is 4.88. The molecule has 0 saturated carbocycles. The fraction of sp³-hybridized carbons (Fsp3) is 0.762. The highest BCUT2D eigenvalue weighted by Crippen LogP contribution is 2.27. The molecule has 0 radical (unpaired) electrons. The van der Waals surface area contributed by atoms with Crippen molar-refractivity contribution < 1.29 is 14.9 Å². The van der Waals surface area contributed by atoms with Crippen LogP contribution in [0.15, 0.2) is 24.4 Å². The first-order valence-corrected chi connectivity index (χ1v) is 10.9. The van der Waals surface area contributed by atoms with Crippen LogP contribution in [0, 0.1) is 0 Å². The van der Waals surface area contributed by atoms with Crippen LogP contribution in [0.2, 0.25) is 0 Å². The third-order valence-electron chi connectivity index (χ3n) is 6.68. The Kier molecular flexibility index (Phi) is 15.7. The summed E-state index contributed by atoms with van der Waals surface area (Å²) in [5.74, 6) is 1.00. The van der Waals surface area contributed by atoms with Crippen molar-refractivity contribution in [2.45, 2.75) is 43.2 Å². The van der Waals surface area contributed by atoms with Gasteiger partial charge in [-0.25, -0.2) is 4.98 Å². The van der Waals surface area contributed by atoms with Gasteiger partial charge in [0.05, 0.1) is 18.8 Å². The molecule has 0 unspecified atom stereocenters. The van der Waals surface area contributed by atoms with Crippen LogP contribution in [0.25, 0.3) is 0 Å². The molecule has 1 aromatic rings. The predicted molar refractivity (Wildman–Crippen MR) is 141 cm³/mol. The van der Waals surface area contributed by atoms with Crippen LogP contribution >= 0.6 is 49.6 Å². The Morgan fingerprint density at radius 1 is 1.00 bits per heavy atom. The van der Waals surface area contributed by atoms with Crippen molar-refractivity contribution in [2.75, 3.05) is 64.4 Å². The molecule has 3 fully saturated rings. The maximum atomic E-state index is 10.8. The van der Waals surface area contributed by atoms with E-state index < -0.39 is 12.2 Å². The first-order valence-electron chi connectivity index (χ1n) is 10.9. The number of anilines is 1. The number of aromatic nitrogens is 1.